The van der Waals surface area contributed by atoms with E-state index in [-0.39, 0.29) is 18.2 Å². The van der Waals surface area contributed by atoms with Gasteiger partial charge in [0.05, 0.1) is 20.3 Å². The molecule has 0 aliphatic rings. The standard InChI is InChI=1S/C20H22N2O3/c1-14(15-7-6-8-16(12-15)24-2)11-20(23)22-18(13-21)17-9-4-5-10-19(17)25-3/h4-10,12,14,18H,11H2,1-3H3,(H,22,23)/t14-,18-/m0/s1. The summed E-state index contributed by atoms with van der Waals surface area (Å²) in [5.41, 5.74) is 1.66. The van der Waals surface area contributed by atoms with Gasteiger partial charge >= 0.3 is 0 Å². The Morgan fingerprint density at radius 2 is 1.92 bits per heavy atom. The monoisotopic (exact) mass is 338 g/mol. The second-order valence-electron chi connectivity index (χ2n) is 5.75. The van der Waals surface area contributed by atoms with E-state index in [0.29, 0.717) is 11.3 Å². The van der Waals surface area contributed by atoms with Gasteiger partial charge in [-0.05, 0) is 29.7 Å². The number of ether oxygens (including phenoxy) is 2. The molecular formula is C20H22N2O3. The number of para-hydroxylation sites is 1. The zero-order valence-electron chi connectivity index (χ0n) is 14.7. The summed E-state index contributed by atoms with van der Waals surface area (Å²) in [6.07, 6.45) is 0.278. The van der Waals surface area contributed by atoms with Crippen molar-refractivity contribution in [2.75, 3.05) is 14.2 Å². The maximum atomic E-state index is 12.4. The summed E-state index contributed by atoms with van der Waals surface area (Å²) >= 11 is 0. The molecule has 130 valence electrons. The minimum absolute atomic E-state index is 0.00658. The molecule has 0 saturated carbocycles. The van der Waals surface area contributed by atoms with Crippen molar-refractivity contribution < 1.29 is 14.3 Å². The molecule has 2 aromatic carbocycles. The molecular weight excluding hydrogens is 316 g/mol. The van der Waals surface area contributed by atoms with E-state index in [9.17, 15) is 10.1 Å². The molecule has 0 spiro atoms. The largest absolute Gasteiger partial charge is 0.497 e. The van der Waals surface area contributed by atoms with Crippen LogP contribution >= 0.6 is 0 Å². The van der Waals surface area contributed by atoms with Gasteiger partial charge < -0.3 is 14.8 Å². The smallest absolute Gasteiger partial charge is 0.221 e. The number of nitriles is 1. The van der Waals surface area contributed by atoms with Crippen molar-refractivity contribution >= 4 is 5.91 Å². The molecule has 0 saturated heterocycles. The van der Waals surface area contributed by atoms with E-state index < -0.39 is 6.04 Å². The fourth-order valence-corrected chi connectivity index (χ4v) is 2.65. The van der Waals surface area contributed by atoms with Crippen molar-refractivity contribution in [3.8, 4) is 17.6 Å². The molecule has 1 N–H and O–H groups in total. The molecule has 0 radical (unpaired) electrons. The Bertz CT molecular complexity index is 768. The molecule has 0 aromatic heterocycles. The van der Waals surface area contributed by atoms with Crippen LogP contribution in [-0.4, -0.2) is 20.1 Å². The van der Waals surface area contributed by atoms with Crippen LogP contribution < -0.4 is 14.8 Å². The minimum Gasteiger partial charge on any atom is -0.497 e. The van der Waals surface area contributed by atoms with Crippen LogP contribution in [0.4, 0.5) is 0 Å². The summed E-state index contributed by atoms with van der Waals surface area (Å²) < 4.78 is 10.5. The van der Waals surface area contributed by atoms with Gasteiger partial charge in [0.1, 0.15) is 17.5 Å². The van der Waals surface area contributed by atoms with E-state index in [0.717, 1.165) is 11.3 Å². The van der Waals surface area contributed by atoms with Gasteiger partial charge in [-0.25, -0.2) is 0 Å². The molecule has 0 aliphatic carbocycles. The van der Waals surface area contributed by atoms with Gasteiger partial charge in [-0.2, -0.15) is 5.26 Å². The number of nitrogens with one attached hydrogen (secondary N) is 1. The summed E-state index contributed by atoms with van der Waals surface area (Å²) in [5.74, 6) is 1.16. The SMILES string of the molecule is COc1cccc([C@@H](C)CC(=O)N[C@@H](C#N)c2ccccc2OC)c1. The Hall–Kier alpha value is -3.00. The van der Waals surface area contributed by atoms with E-state index in [4.69, 9.17) is 9.47 Å². The summed E-state index contributed by atoms with van der Waals surface area (Å²) in [6, 6.07) is 16.2. The quantitative estimate of drug-likeness (QED) is 0.837. The summed E-state index contributed by atoms with van der Waals surface area (Å²) in [5, 5.41) is 12.2. The van der Waals surface area contributed by atoms with E-state index in [1.807, 2.05) is 43.3 Å². The minimum atomic E-state index is -0.749. The number of nitrogens with zero attached hydrogens (tertiary/aromatic N) is 1. The molecule has 2 rings (SSSR count). The Morgan fingerprint density at radius 1 is 1.16 bits per heavy atom. The highest BCUT2D eigenvalue weighted by atomic mass is 16.5. The van der Waals surface area contributed by atoms with Crippen LogP contribution in [0.1, 0.15) is 36.4 Å². The molecule has 0 heterocycles. The number of rotatable bonds is 7. The first-order chi connectivity index (χ1) is 12.1. The van der Waals surface area contributed by atoms with Crippen molar-refractivity contribution in [2.45, 2.75) is 25.3 Å². The van der Waals surface area contributed by atoms with E-state index in [1.54, 1.807) is 26.4 Å². The van der Waals surface area contributed by atoms with Crippen LogP contribution in [0.2, 0.25) is 0 Å². The number of amides is 1. The fraction of sp³-hybridized carbons (Fsp3) is 0.300. The first kappa shape index (κ1) is 18.3. The van der Waals surface area contributed by atoms with Crippen molar-refractivity contribution in [1.82, 2.24) is 5.32 Å². The molecule has 0 bridgehead atoms. The third-order valence-corrected chi connectivity index (χ3v) is 4.04. The Kier molecular flexibility index (Phi) is 6.41. The normalized spacial score (nSPS) is 12.6. The predicted molar refractivity (Wildman–Crippen MR) is 95.5 cm³/mol. The lowest BCUT2D eigenvalue weighted by atomic mass is 9.97. The highest BCUT2D eigenvalue weighted by Crippen LogP contribution is 2.26. The maximum Gasteiger partial charge on any atom is 0.221 e. The summed E-state index contributed by atoms with van der Waals surface area (Å²) in [6.45, 7) is 1.97. The number of hydrogen-bond acceptors (Lipinski definition) is 4. The Labute approximate surface area is 148 Å². The first-order valence-corrected chi connectivity index (χ1v) is 8.05. The van der Waals surface area contributed by atoms with Gasteiger partial charge in [0.15, 0.2) is 0 Å². The molecule has 0 aliphatic heterocycles. The molecule has 1 amide bonds. The molecule has 0 unspecified atom stereocenters. The third kappa shape index (κ3) is 4.74. The molecule has 2 aromatic rings. The van der Waals surface area contributed by atoms with Gasteiger partial charge in [-0.3, -0.25) is 4.79 Å². The van der Waals surface area contributed by atoms with Crippen LogP contribution in [0.5, 0.6) is 11.5 Å². The van der Waals surface area contributed by atoms with Gasteiger partial charge in [0, 0.05) is 12.0 Å². The number of carbonyl (C=O) groups is 1. The second-order valence-corrected chi connectivity index (χ2v) is 5.75. The third-order valence-electron chi connectivity index (χ3n) is 4.04. The van der Waals surface area contributed by atoms with Gasteiger partial charge in [-0.15, -0.1) is 0 Å². The van der Waals surface area contributed by atoms with Crippen molar-refractivity contribution in [2.24, 2.45) is 0 Å². The average molecular weight is 338 g/mol. The van der Waals surface area contributed by atoms with Crippen molar-refractivity contribution in [3.63, 3.8) is 0 Å². The van der Waals surface area contributed by atoms with Crippen LogP contribution in [-0.2, 0) is 4.79 Å². The van der Waals surface area contributed by atoms with Crippen LogP contribution in [0.25, 0.3) is 0 Å². The molecule has 5 heteroatoms. The maximum absolute atomic E-state index is 12.4. The first-order valence-electron chi connectivity index (χ1n) is 8.05. The number of benzene rings is 2. The zero-order valence-corrected chi connectivity index (χ0v) is 14.7. The molecule has 25 heavy (non-hydrogen) atoms. The van der Waals surface area contributed by atoms with Crippen molar-refractivity contribution in [1.29, 1.82) is 5.26 Å². The molecule has 0 fully saturated rings. The summed E-state index contributed by atoms with van der Waals surface area (Å²) in [4.78, 5) is 12.4. The lowest BCUT2D eigenvalue weighted by molar-refractivity contribution is -0.121. The van der Waals surface area contributed by atoms with Gasteiger partial charge in [0.25, 0.3) is 0 Å². The molecule has 5 nitrogen and oxygen atoms in total. The molecule has 2 atom stereocenters. The Balaban J connectivity index is 2.06. The Morgan fingerprint density at radius 3 is 2.60 bits per heavy atom. The predicted octanol–water partition coefficient (Wildman–Crippen LogP) is 3.58. The van der Waals surface area contributed by atoms with Crippen LogP contribution in [0.3, 0.4) is 0 Å². The fourth-order valence-electron chi connectivity index (χ4n) is 2.65. The summed E-state index contributed by atoms with van der Waals surface area (Å²) in [7, 11) is 3.15. The highest BCUT2D eigenvalue weighted by molar-refractivity contribution is 5.78. The van der Waals surface area contributed by atoms with Crippen LogP contribution in [0, 0.1) is 11.3 Å². The highest BCUT2D eigenvalue weighted by Gasteiger charge is 2.19. The lowest BCUT2D eigenvalue weighted by Gasteiger charge is -2.17. The van der Waals surface area contributed by atoms with E-state index in [2.05, 4.69) is 11.4 Å². The topological polar surface area (TPSA) is 71.3 Å². The zero-order chi connectivity index (χ0) is 18.2. The van der Waals surface area contributed by atoms with Gasteiger partial charge in [-0.1, -0.05) is 37.3 Å². The number of methoxy groups -OCH3 is 2. The van der Waals surface area contributed by atoms with Gasteiger partial charge in [0.2, 0.25) is 5.91 Å². The number of carbonyl (C=O) groups excluding carboxylic acids is 1. The average Bonchev–Trinajstić information content (AvgIpc) is 2.66. The van der Waals surface area contributed by atoms with E-state index >= 15 is 0 Å². The van der Waals surface area contributed by atoms with Crippen molar-refractivity contribution in [3.05, 3.63) is 59.7 Å². The van der Waals surface area contributed by atoms with Crippen LogP contribution in [0.15, 0.2) is 48.5 Å². The van der Waals surface area contributed by atoms with E-state index in [1.165, 1.54) is 0 Å². The second kappa shape index (κ2) is 8.74. The number of hydrogen-bond donors (Lipinski definition) is 1. The lowest BCUT2D eigenvalue weighted by Crippen LogP contribution is -2.28.